The zero-order chi connectivity index (χ0) is 15.2. The van der Waals surface area contributed by atoms with Gasteiger partial charge >= 0.3 is 5.97 Å². The number of nitrogens with zero attached hydrogens (tertiary/aromatic N) is 2. The summed E-state index contributed by atoms with van der Waals surface area (Å²) >= 11 is 0. The quantitative estimate of drug-likeness (QED) is 0.926. The fourth-order valence-corrected chi connectivity index (χ4v) is 3.67. The van der Waals surface area contributed by atoms with E-state index in [1.807, 2.05) is 6.07 Å². The molecule has 0 bridgehead atoms. The fourth-order valence-electron chi connectivity index (χ4n) is 3.67. The van der Waals surface area contributed by atoms with Gasteiger partial charge in [-0.3, -0.25) is 0 Å². The van der Waals surface area contributed by atoms with Gasteiger partial charge in [0.1, 0.15) is 5.82 Å². The third kappa shape index (κ3) is 2.23. The summed E-state index contributed by atoms with van der Waals surface area (Å²) in [5.74, 6) is 0.165. The van der Waals surface area contributed by atoms with Gasteiger partial charge in [-0.05, 0) is 36.5 Å². The Hall–Kier alpha value is -1.84. The summed E-state index contributed by atoms with van der Waals surface area (Å²) in [6.07, 6.45) is 4.51. The van der Waals surface area contributed by atoms with E-state index in [0.717, 1.165) is 23.3 Å². The van der Waals surface area contributed by atoms with Gasteiger partial charge in [-0.25, -0.2) is 9.78 Å². The maximum Gasteiger partial charge on any atom is 0.335 e. The minimum atomic E-state index is -0.898. The van der Waals surface area contributed by atoms with Crippen molar-refractivity contribution in [3.63, 3.8) is 0 Å². The summed E-state index contributed by atoms with van der Waals surface area (Å²) in [4.78, 5) is 15.8. The van der Waals surface area contributed by atoms with Crippen LogP contribution in [0.2, 0.25) is 0 Å². The van der Waals surface area contributed by atoms with Crippen molar-refractivity contribution in [2.45, 2.75) is 52.5 Å². The molecule has 1 unspecified atom stereocenters. The molecule has 4 heteroatoms. The lowest BCUT2D eigenvalue weighted by molar-refractivity contribution is 0.0697. The number of fused-ring (bicyclic) bond motifs is 1. The van der Waals surface area contributed by atoms with E-state index < -0.39 is 5.97 Å². The Balaban J connectivity index is 2.19. The van der Waals surface area contributed by atoms with E-state index >= 15 is 0 Å². The van der Waals surface area contributed by atoms with Crippen LogP contribution in [0.15, 0.2) is 18.2 Å². The van der Waals surface area contributed by atoms with E-state index in [0.29, 0.717) is 11.6 Å². The molecule has 1 atom stereocenters. The first-order valence-electron chi connectivity index (χ1n) is 7.68. The first-order valence-corrected chi connectivity index (χ1v) is 7.68. The molecule has 0 saturated heterocycles. The van der Waals surface area contributed by atoms with E-state index in [9.17, 15) is 4.79 Å². The first-order chi connectivity index (χ1) is 9.94. The lowest BCUT2D eigenvalue weighted by atomic mass is 9.87. The van der Waals surface area contributed by atoms with E-state index in [-0.39, 0.29) is 5.41 Å². The number of hydrogen-bond donors (Lipinski definition) is 1. The van der Waals surface area contributed by atoms with Crippen molar-refractivity contribution in [2.75, 3.05) is 0 Å². The summed E-state index contributed by atoms with van der Waals surface area (Å²) in [5, 5.41) is 9.14. The summed E-state index contributed by atoms with van der Waals surface area (Å²) < 4.78 is 2.36. The van der Waals surface area contributed by atoms with E-state index in [4.69, 9.17) is 5.11 Å². The van der Waals surface area contributed by atoms with Crippen molar-refractivity contribution in [3.8, 4) is 0 Å². The van der Waals surface area contributed by atoms with Crippen LogP contribution in [-0.4, -0.2) is 20.6 Å². The Kier molecular flexibility index (Phi) is 3.27. The lowest BCUT2D eigenvalue weighted by Crippen LogP contribution is -2.23. The van der Waals surface area contributed by atoms with Crippen LogP contribution in [0.4, 0.5) is 0 Å². The van der Waals surface area contributed by atoms with Crippen LogP contribution >= 0.6 is 0 Å². The summed E-state index contributed by atoms with van der Waals surface area (Å²) in [6.45, 7) is 6.75. The molecule has 112 valence electrons. The second kappa shape index (κ2) is 4.86. The molecule has 0 radical (unpaired) electrons. The molecule has 0 aliphatic heterocycles. The molecule has 1 aliphatic carbocycles. The van der Waals surface area contributed by atoms with Crippen LogP contribution < -0.4 is 0 Å². The first kappa shape index (κ1) is 14.1. The van der Waals surface area contributed by atoms with Crippen LogP contribution in [0.3, 0.4) is 0 Å². The molecule has 1 saturated carbocycles. The number of carbonyl (C=O) groups is 1. The van der Waals surface area contributed by atoms with Crippen LogP contribution in [0, 0.1) is 5.41 Å². The maximum absolute atomic E-state index is 11.1. The van der Waals surface area contributed by atoms with Gasteiger partial charge in [-0.2, -0.15) is 0 Å². The second-order valence-electron chi connectivity index (χ2n) is 6.66. The van der Waals surface area contributed by atoms with Crippen molar-refractivity contribution in [1.82, 2.24) is 9.55 Å². The number of carboxylic acid groups (broad SMARTS) is 1. The summed E-state index contributed by atoms with van der Waals surface area (Å²) in [6, 6.07) is 5.74. The Labute approximate surface area is 124 Å². The number of aryl methyl sites for hydroxylation is 1. The second-order valence-corrected chi connectivity index (χ2v) is 6.66. The molecule has 21 heavy (non-hydrogen) atoms. The molecule has 1 aliphatic rings. The zero-order valence-electron chi connectivity index (χ0n) is 12.9. The van der Waals surface area contributed by atoms with Crippen LogP contribution in [-0.2, 0) is 6.42 Å². The van der Waals surface area contributed by atoms with Crippen molar-refractivity contribution in [2.24, 2.45) is 5.41 Å². The number of rotatable bonds is 3. The minimum absolute atomic E-state index is 0.267. The number of carboxylic acids is 1. The molecular formula is C17H22N2O2. The highest BCUT2D eigenvalue weighted by atomic mass is 16.4. The minimum Gasteiger partial charge on any atom is -0.478 e. The van der Waals surface area contributed by atoms with Gasteiger partial charge in [0, 0.05) is 12.5 Å². The molecule has 1 aromatic heterocycles. The highest BCUT2D eigenvalue weighted by Crippen LogP contribution is 2.47. The highest BCUT2D eigenvalue weighted by molar-refractivity contribution is 5.92. The molecule has 0 spiro atoms. The SMILES string of the molecule is CCc1nc2cc(C(=O)O)ccc2n1C1CCCC1(C)C. The number of imidazole rings is 1. The van der Waals surface area contributed by atoms with Gasteiger partial charge in [0.15, 0.2) is 0 Å². The molecule has 0 amide bonds. The van der Waals surface area contributed by atoms with Crippen molar-refractivity contribution in [3.05, 3.63) is 29.6 Å². The standard InChI is InChI=1S/C17H22N2O2/c1-4-15-18-12-10-11(16(20)21)7-8-13(12)19(15)14-6-5-9-17(14,2)3/h7-8,10,14H,4-6,9H2,1-3H3,(H,20,21). The third-order valence-electron chi connectivity index (χ3n) is 4.84. The number of aromatic nitrogens is 2. The van der Waals surface area contributed by atoms with Crippen LogP contribution in [0.5, 0.6) is 0 Å². The smallest absolute Gasteiger partial charge is 0.335 e. The van der Waals surface area contributed by atoms with Crippen molar-refractivity contribution < 1.29 is 9.90 Å². The van der Waals surface area contributed by atoms with Gasteiger partial charge in [0.2, 0.25) is 0 Å². The Morgan fingerprint density at radius 3 is 2.81 bits per heavy atom. The predicted octanol–water partition coefficient (Wildman–Crippen LogP) is 4.05. The Bertz CT molecular complexity index is 700. The zero-order valence-corrected chi connectivity index (χ0v) is 12.9. The monoisotopic (exact) mass is 286 g/mol. The molecule has 1 aromatic carbocycles. The maximum atomic E-state index is 11.1. The topological polar surface area (TPSA) is 55.1 Å². The predicted molar refractivity (Wildman–Crippen MR) is 82.7 cm³/mol. The van der Waals surface area contributed by atoms with Crippen molar-refractivity contribution >= 4 is 17.0 Å². The largest absolute Gasteiger partial charge is 0.478 e. The normalized spacial score (nSPS) is 21.0. The molecular weight excluding hydrogens is 264 g/mol. The van der Waals surface area contributed by atoms with Crippen LogP contribution in [0.25, 0.3) is 11.0 Å². The van der Waals surface area contributed by atoms with Crippen LogP contribution in [0.1, 0.15) is 62.3 Å². The molecule has 1 heterocycles. The molecule has 2 aromatic rings. The number of aromatic carboxylic acids is 1. The van der Waals surface area contributed by atoms with Gasteiger partial charge in [0.05, 0.1) is 16.6 Å². The Morgan fingerprint density at radius 2 is 2.24 bits per heavy atom. The number of hydrogen-bond acceptors (Lipinski definition) is 2. The molecule has 1 fully saturated rings. The van der Waals surface area contributed by atoms with Gasteiger partial charge < -0.3 is 9.67 Å². The van der Waals surface area contributed by atoms with Crippen molar-refractivity contribution in [1.29, 1.82) is 0 Å². The average molecular weight is 286 g/mol. The fraction of sp³-hybridized carbons (Fsp3) is 0.529. The van der Waals surface area contributed by atoms with Gasteiger partial charge in [-0.1, -0.05) is 27.2 Å². The average Bonchev–Trinajstić information content (AvgIpc) is 2.96. The van der Waals surface area contributed by atoms with E-state index in [1.54, 1.807) is 12.1 Å². The van der Waals surface area contributed by atoms with E-state index in [1.165, 1.54) is 19.3 Å². The molecule has 4 nitrogen and oxygen atoms in total. The summed E-state index contributed by atoms with van der Waals surface area (Å²) in [7, 11) is 0. The Morgan fingerprint density at radius 1 is 1.48 bits per heavy atom. The molecule has 3 rings (SSSR count). The highest BCUT2D eigenvalue weighted by Gasteiger charge is 2.37. The van der Waals surface area contributed by atoms with E-state index in [2.05, 4.69) is 30.3 Å². The summed E-state index contributed by atoms with van der Waals surface area (Å²) in [5.41, 5.74) is 2.44. The lowest BCUT2D eigenvalue weighted by Gasteiger charge is -2.30. The number of benzene rings is 1. The van der Waals surface area contributed by atoms with Gasteiger partial charge in [0.25, 0.3) is 0 Å². The van der Waals surface area contributed by atoms with Gasteiger partial charge in [-0.15, -0.1) is 0 Å². The third-order valence-corrected chi connectivity index (χ3v) is 4.84. The molecule has 1 N–H and O–H groups in total.